The lowest BCUT2D eigenvalue weighted by Gasteiger charge is -2.08. The highest BCUT2D eigenvalue weighted by molar-refractivity contribution is 4.97. The fourth-order valence-corrected chi connectivity index (χ4v) is 1.20. The molecule has 1 rings (SSSR count). The van der Waals surface area contributed by atoms with Crippen LogP contribution in [0.4, 0.5) is 0 Å². The van der Waals surface area contributed by atoms with Crippen molar-refractivity contribution < 1.29 is 4.74 Å². The van der Waals surface area contributed by atoms with Gasteiger partial charge in [-0.15, -0.1) is 0 Å². The SMILES string of the molecule is CCCCOCn1c(C)cc(=O)[nH]c1=O. The summed E-state index contributed by atoms with van der Waals surface area (Å²) in [6.45, 7) is 4.60. The van der Waals surface area contributed by atoms with E-state index in [1.165, 1.54) is 10.6 Å². The summed E-state index contributed by atoms with van der Waals surface area (Å²) in [5.41, 5.74) is -0.181. The standard InChI is InChI=1S/C10H16N2O3/c1-3-4-5-15-7-12-8(2)6-9(13)11-10(12)14/h6H,3-5,7H2,1-2H3,(H,11,13,14). The van der Waals surface area contributed by atoms with Gasteiger partial charge in [-0.05, 0) is 13.3 Å². The van der Waals surface area contributed by atoms with E-state index in [9.17, 15) is 9.59 Å². The van der Waals surface area contributed by atoms with Crippen molar-refractivity contribution in [2.24, 2.45) is 0 Å². The number of aromatic amines is 1. The van der Waals surface area contributed by atoms with Gasteiger partial charge in [0.05, 0.1) is 0 Å². The minimum Gasteiger partial charge on any atom is -0.361 e. The Balaban J connectivity index is 2.69. The highest BCUT2D eigenvalue weighted by atomic mass is 16.5. The van der Waals surface area contributed by atoms with Gasteiger partial charge < -0.3 is 4.74 Å². The van der Waals surface area contributed by atoms with E-state index in [2.05, 4.69) is 11.9 Å². The summed E-state index contributed by atoms with van der Waals surface area (Å²) in [5.74, 6) is 0. The molecule has 1 heterocycles. The van der Waals surface area contributed by atoms with E-state index >= 15 is 0 Å². The lowest BCUT2D eigenvalue weighted by Crippen LogP contribution is -2.31. The molecule has 0 radical (unpaired) electrons. The average Bonchev–Trinajstić information content (AvgIpc) is 2.15. The maximum Gasteiger partial charge on any atom is 0.330 e. The number of rotatable bonds is 5. The van der Waals surface area contributed by atoms with Gasteiger partial charge in [-0.25, -0.2) is 4.79 Å². The molecule has 5 heteroatoms. The molecule has 1 N–H and O–H groups in total. The first-order valence-corrected chi connectivity index (χ1v) is 5.03. The second kappa shape index (κ2) is 5.50. The van der Waals surface area contributed by atoms with E-state index in [1.807, 2.05) is 0 Å². The molecule has 0 amide bonds. The smallest absolute Gasteiger partial charge is 0.330 e. The Morgan fingerprint density at radius 2 is 2.20 bits per heavy atom. The topological polar surface area (TPSA) is 64.1 Å². The van der Waals surface area contributed by atoms with Crippen molar-refractivity contribution in [1.29, 1.82) is 0 Å². The normalized spacial score (nSPS) is 10.5. The van der Waals surface area contributed by atoms with Crippen LogP contribution in [0.2, 0.25) is 0 Å². The monoisotopic (exact) mass is 212 g/mol. The first kappa shape index (κ1) is 11.7. The van der Waals surface area contributed by atoms with Gasteiger partial charge in [0.15, 0.2) is 0 Å². The van der Waals surface area contributed by atoms with Gasteiger partial charge >= 0.3 is 5.69 Å². The van der Waals surface area contributed by atoms with Crippen molar-refractivity contribution in [3.63, 3.8) is 0 Å². The summed E-state index contributed by atoms with van der Waals surface area (Å²) in [4.78, 5) is 24.5. The summed E-state index contributed by atoms with van der Waals surface area (Å²) in [7, 11) is 0. The molecule has 0 bridgehead atoms. The zero-order valence-corrected chi connectivity index (χ0v) is 9.08. The third-order valence-corrected chi connectivity index (χ3v) is 2.10. The van der Waals surface area contributed by atoms with Crippen LogP contribution in [0.15, 0.2) is 15.7 Å². The average molecular weight is 212 g/mol. The van der Waals surface area contributed by atoms with Gasteiger partial charge in [-0.2, -0.15) is 0 Å². The van der Waals surface area contributed by atoms with Gasteiger partial charge in [0.2, 0.25) is 0 Å². The summed E-state index contributed by atoms with van der Waals surface area (Å²) in [6, 6.07) is 1.38. The van der Waals surface area contributed by atoms with Gasteiger partial charge in [0, 0.05) is 18.4 Å². The molecule has 0 spiro atoms. The van der Waals surface area contributed by atoms with E-state index < -0.39 is 5.69 Å². The molecule has 15 heavy (non-hydrogen) atoms. The molecular formula is C10H16N2O3. The minimum absolute atomic E-state index is 0.196. The summed E-state index contributed by atoms with van der Waals surface area (Å²) < 4.78 is 6.70. The Kier molecular flexibility index (Phi) is 4.30. The highest BCUT2D eigenvalue weighted by Crippen LogP contribution is 1.92. The van der Waals surface area contributed by atoms with Gasteiger partial charge in [0.1, 0.15) is 6.73 Å². The predicted molar refractivity (Wildman–Crippen MR) is 56.9 cm³/mol. The fraction of sp³-hybridized carbons (Fsp3) is 0.600. The Bertz CT molecular complexity index is 419. The number of nitrogens with zero attached hydrogens (tertiary/aromatic N) is 1. The molecular weight excluding hydrogens is 196 g/mol. The lowest BCUT2D eigenvalue weighted by molar-refractivity contribution is 0.0702. The Morgan fingerprint density at radius 3 is 2.80 bits per heavy atom. The zero-order chi connectivity index (χ0) is 11.3. The van der Waals surface area contributed by atoms with Crippen LogP contribution in [0.3, 0.4) is 0 Å². The van der Waals surface area contributed by atoms with Crippen molar-refractivity contribution in [2.75, 3.05) is 6.61 Å². The first-order valence-electron chi connectivity index (χ1n) is 5.03. The molecule has 0 aliphatic heterocycles. The van der Waals surface area contributed by atoms with Crippen LogP contribution >= 0.6 is 0 Å². The van der Waals surface area contributed by atoms with Crippen molar-refractivity contribution in [2.45, 2.75) is 33.4 Å². The molecule has 5 nitrogen and oxygen atoms in total. The number of nitrogens with one attached hydrogen (secondary N) is 1. The molecule has 0 aliphatic carbocycles. The van der Waals surface area contributed by atoms with Crippen molar-refractivity contribution in [1.82, 2.24) is 9.55 Å². The molecule has 0 saturated carbocycles. The largest absolute Gasteiger partial charge is 0.361 e. The second-order valence-corrected chi connectivity index (χ2v) is 3.40. The third-order valence-electron chi connectivity index (χ3n) is 2.10. The van der Waals surface area contributed by atoms with Crippen LogP contribution in [-0.2, 0) is 11.5 Å². The van der Waals surface area contributed by atoms with Crippen LogP contribution in [0.25, 0.3) is 0 Å². The zero-order valence-electron chi connectivity index (χ0n) is 9.08. The van der Waals surface area contributed by atoms with Crippen LogP contribution in [0, 0.1) is 6.92 Å². The molecule has 0 aromatic carbocycles. The third kappa shape index (κ3) is 3.36. The summed E-state index contributed by atoms with van der Waals surface area (Å²) in [5, 5.41) is 0. The van der Waals surface area contributed by atoms with Crippen LogP contribution in [0.5, 0.6) is 0 Å². The number of hydrogen-bond acceptors (Lipinski definition) is 3. The van der Waals surface area contributed by atoms with Crippen LogP contribution in [0.1, 0.15) is 25.5 Å². The van der Waals surface area contributed by atoms with Crippen molar-refractivity contribution >= 4 is 0 Å². The van der Waals surface area contributed by atoms with E-state index in [1.54, 1.807) is 6.92 Å². The van der Waals surface area contributed by atoms with Crippen LogP contribution in [-0.4, -0.2) is 16.2 Å². The van der Waals surface area contributed by atoms with E-state index in [4.69, 9.17) is 4.74 Å². The number of aryl methyl sites for hydroxylation is 1. The first-order chi connectivity index (χ1) is 7.15. The Labute approximate surface area is 87.7 Å². The van der Waals surface area contributed by atoms with Crippen molar-refractivity contribution in [3.8, 4) is 0 Å². The minimum atomic E-state index is -0.420. The predicted octanol–water partition coefficient (Wildman–Crippen LogP) is 0.619. The van der Waals surface area contributed by atoms with Gasteiger partial charge in [-0.3, -0.25) is 14.3 Å². The summed E-state index contributed by atoms with van der Waals surface area (Å²) >= 11 is 0. The van der Waals surface area contributed by atoms with E-state index in [0.29, 0.717) is 12.3 Å². The quantitative estimate of drug-likeness (QED) is 0.728. The number of unbranched alkanes of at least 4 members (excludes halogenated alkanes) is 1. The number of ether oxygens (including phenoxy) is 1. The Hall–Kier alpha value is -1.36. The van der Waals surface area contributed by atoms with Crippen molar-refractivity contribution in [3.05, 3.63) is 32.6 Å². The van der Waals surface area contributed by atoms with Gasteiger partial charge in [-0.1, -0.05) is 13.3 Å². The summed E-state index contributed by atoms with van der Waals surface area (Å²) in [6.07, 6.45) is 2.02. The molecule has 1 aromatic heterocycles. The molecule has 84 valence electrons. The molecule has 0 fully saturated rings. The molecule has 0 unspecified atom stereocenters. The highest BCUT2D eigenvalue weighted by Gasteiger charge is 2.00. The Morgan fingerprint density at radius 1 is 1.47 bits per heavy atom. The number of H-pyrrole nitrogens is 1. The number of hydrogen-bond donors (Lipinski definition) is 1. The number of aromatic nitrogens is 2. The molecule has 1 aromatic rings. The lowest BCUT2D eigenvalue weighted by atomic mass is 10.4. The molecule has 0 saturated heterocycles. The fourth-order valence-electron chi connectivity index (χ4n) is 1.20. The molecule has 0 atom stereocenters. The second-order valence-electron chi connectivity index (χ2n) is 3.40. The maximum atomic E-state index is 11.4. The molecule has 0 aliphatic rings. The van der Waals surface area contributed by atoms with Crippen LogP contribution < -0.4 is 11.2 Å². The van der Waals surface area contributed by atoms with E-state index in [0.717, 1.165) is 12.8 Å². The maximum absolute atomic E-state index is 11.4. The van der Waals surface area contributed by atoms with E-state index in [-0.39, 0.29) is 12.3 Å². The van der Waals surface area contributed by atoms with Gasteiger partial charge in [0.25, 0.3) is 5.56 Å².